The van der Waals surface area contributed by atoms with E-state index in [4.69, 9.17) is 4.74 Å². The summed E-state index contributed by atoms with van der Waals surface area (Å²) in [6.45, 7) is 2.31. The molecule has 2 aliphatic rings. The van der Waals surface area contributed by atoms with E-state index in [0.717, 1.165) is 0 Å². The van der Waals surface area contributed by atoms with E-state index in [1.807, 2.05) is 0 Å². The number of nitrogens with one attached hydrogen (secondary N) is 3. The predicted octanol–water partition coefficient (Wildman–Crippen LogP) is -1.66. The smallest absolute Gasteiger partial charge is 0.335 e. The monoisotopic (exact) mass is 256 g/mol. The Hall–Kier alpha value is -1.67. The van der Waals surface area contributed by atoms with Crippen molar-refractivity contribution in [1.82, 2.24) is 21.1 Å². The first kappa shape index (κ1) is 12.8. The highest BCUT2D eigenvalue weighted by Crippen LogP contribution is 2.05. The number of urea groups is 1. The molecular formula is C10H16N4O4. The van der Waals surface area contributed by atoms with Gasteiger partial charge in [-0.05, 0) is 6.42 Å². The third-order valence-corrected chi connectivity index (χ3v) is 2.92. The SMILES string of the molecule is O=C1NNC(CCC(=O)N2CCOCC2)C(=O)N1. The molecule has 8 nitrogen and oxygen atoms in total. The molecule has 100 valence electrons. The summed E-state index contributed by atoms with van der Waals surface area (Å²) in [7, 11) is 0. The Balaban J connectivity index is 1.75. The third-order valence-electron chi connectivity index (χ3n) is 2.92. The van der Waals surface area contributed by atoms with Crippen LogP contribution in [0.5, 0.6) is 0 Å². The van der Waals surface area contributed by atoms with Crippen molar-refractivity contribution in [1.29, 1.82) is 0 Å². The van der Waals surface area contributed by atoms with Gasteiger partial charge in [0.05, 0.1) is 13.2 Å². The second-order valence-electron chi connectivity index (χ2n) is 4.17. The van der Waals surface area contributed by atoms with Crippen molar-refractivity contribution in [2.75, 3.05) is 26.3 Å². The molecule has 18 heavy (non-hydrogen) atoms. The van der Waals surface area contributed by atoms with E-state index < -0.39 is 18.0 Å². The Morgan fingerprint density at radius 1 is 1.33 bits per heavy atom. The zero-order valence-corrected chi connectivity index (χ0v) is 9.90. The van der Waals surface area contributed by atoms with Crippen LogP contribution < -0.4 is 16.2 Å². The number of carbonyl (C=O) groups excluding carboxylic acids is 3. The standard InChI is InChI=1S/C10H16N4O4/c15-8(14-3-5-18-6-4-14)2-1-7-9(16)11-10(17)13-12-7/h7,12H,1-6H2,(H2,11,13,16,17). The Labute approximate surface area is 104 Å². The van der Waals surface area contributed by atoms with Crippen LogP contribution >= 0.6 is 0 Å². The minimum atomic E-state index is -0.573. The topological polar surface area (TPSA) is 99.8 Å². The second-order valence-corrected chi connectivity index (χ2v) is 4.17. The number of imide groups is 1. The van der Waals surface area contributed by atoms with Crippen molar-refractivity contribution < 1.29 is 19.1 Å². The summed E-state index contributed by atoms with van der Waals surface area (Å²) in [6.07, 6.45) is 0.614. The lowest BCUT2D eigenvalue weighted by molar-refractivity contribution is -0.135. The summed E-state index contributed by atoms with van der Waals surface area (Å²) in [5, 5.41) is 2.14. The van der Waals surface area contributed by atoms with Crippen LogP contribution in [-0.2, 0) is 14.3 Å². The molecule has 0 spiro atoms. The molecule has 0 aromatic carbocycles. The molecule has 2 rings (SSSR count). The number of nitrogens with zero attached hydrogens (tertiary/aromatic N) is 1. The molecule has 4 amide bonds. The van der Waals surface area contributed by atoms with Gasteiger partial charge >= 0.3 is 6.03 Å². The first-order chi connectivity index (χ1) is 8.66. The maximum absolute atomic E-state index is 11.8. The van der Waals surface area contributed by atoms with Gasteiger partial charge in [0.1, 0.15) is 6.04 Å². The molecule has 1 atom stereocenters. The van der Waals surface area contributed by atoms with Gasteiger partial charge < -0.3 is 9.64 Å². The fraction of sp³-hybridized carbons (Fsp3) is 0.700. The zero-order valence-electron chi connectivity index (χ0n) is 9.90. The molecule has 2 aliphatic heterocycles. The molecular weight excluding hydrogens is 240 g/mol. The van der Waals surface area contributed by atoms with Crippen LogP contribution in [0.15, 0.2) is 0 Å². The van der Waals surface area contributed by atoms with Crippen molar-refractivity contribution >= 4 is 17.8 Å². The average molecular weight is 256 g/mol. The quantitative estimate of drug-likeness (QED) is 0.561. The summed E-state index contributed by atoms with van der Waals surface area (Å²) in [5.41, 5.74) is 4.87. The summed E-state index contributed by atoms with van der Waals surface area (Å²) < 4.78 is 5.16. The maximum Gasteiger partial charge on any atom is 0.335 e. The number of hydrazine groups is 1. The number of carbonyl (C=O) groups is 3. The lowest BCUT2D eigenvalue weighted by atomic mass is 10.1. The van der Waals surface area contributed by atoms with E-state index in [-0.39, 0.29) is 12.3 Å². The lowest BCUT2D eigenvalue weighted by Crippen LogP contribution is -2.62. The average Bonchev–Trinajstić information content (AvgIpc) is 2.38. The highest BCUT2D eigenvalue weighted by Gasteiger charge is 2.27. The van der Waals surface area contributed by atoms with Crippen LogP contribution in [0.25, 0.3) is 0 Å². The van der Waals surface area contributed by atoms with E-state index in [0.29, 0.717) is 32.7 Å². The number of ether oxygens (including phenoxy) is 1. The first-order valence-corrected chi connectivity index (χ1v) is 5.88. The van der Waals surface area contributed by atoms with Crippen molar-refractivity contribution in [3.8, 4) is 0 Å². The molecule has 2 saturated heterocycles. The van der Waals surface area contributed by atoms with Crippen LogP contribution in [-0.4, -0.2) is 55.1 Å². The van der Waals surface area contributed by atoms with Crippen molar-refractivity contribution in [3.05, 3.63) is 0 Å². The van der Waals surface area contributed by atoms with Gasteiger partial charge in [-0.2, -0.15) is 0 Å². The molecule has 0 radical (unpaired) electrons. The molecule has 0 saturated carbocycles. The highest BCUT2D eigenvalue weighted by molar-refractivity contribution is 5.99. The maximum atomic E-state index is 11.8. The number of hydrogen-bond acceptors (Lipinski definition) is 5. The molecule has 1 unspecified atom stereocenters. The molecule has 3 N–H and O–H groups in total. The van der Waals surface area contributed by atoms with Gasteiger partial charge in [-0.25, -0.2) is 10.2 Å². The number of morpholine rings is 1. The summed E-state index contributed by atoms with van der Waals surface area (Å²) in [6, 6.07) is -1.14. The minimum absolute atomic E-state index is 0.00444. The fourth-order valence-electron chi connectivity index (χ4n) is 1.89. The van der Waals surface area contributed by atoms with Gasteiger partial charge in [0.2, 0.25) is 11.8 Å². The van der Waals surface area contributed by atoms with E-state index in [1.165, 1.54) is 0 Å². The number of amides is 4. The van der Waals surface area contributed by atoms with Crippen LogP contribution in [0.2, 0.25) is 0 Å². The summed E-state index contributed by atoms with van der Waals surface area (Å²) in [4.78, 5) is 35.8. The fourth-order valence-corrected chi connectivity index (χ4v) is 1.89. The van der Waals surface area contributed by atoms with Crippen LogP contribution in [0.3, 0.4) is 0 Å². The summed E-state index contributed by atoms with van der Waals surface area (Å²) in [5.74, 6) is -0.404. The van der Waals surface area contributed by atoms with Gasteiger partial charge in [-0.3, -0.25) is 20.3 Å². The highest BCUT2D eigenvalue weighted by atomic mass is 16.5. The van der Waals surface area contributed by atoms with E-state index >= 15 is 0 Å². The van der Waals surface area contributed by atoms with Gasteiger partial charge in [-0.15, -0.1) is 0 Å². The minimum Gasteiger partial charge on any atom is -0.378 e. The molecule has 0 aromatic rings. The summed E-state index contributed by atoms with van der Waals surface area (Å²) >= 11 is 0. The zero-order chi connectivity index (χ0) is 13.0. The number of rotatable bonds is 3. The normalized spacial score (nSPS) is 24.4. The second kappa shape index (κ2) is 5.78. The Kier molecular flexibility index (Phi) is 4.11. The first-order valence-electron chi connectivity index (χ1n) is 5.88. The van der Waals surface area contributed by atoms with Crippen LogP contribution in [0, 0.1) is 0 Å². The van der Waals surface area contributed by atoms with Crippen LogP contribution in [0.1, 0.15) is 12.8 Å². The Morgan fingerprint density at radius 3 is 2.72 bits per heavy atom. The third kappa shape index (κ3) is 3.17. The molecule has 2 fully saturated rings. The molecule has 8 heteroatoms. The van der Waals surface area contributed by atoms with Crippen molar-refractivity contribution in [2.45, 2.75) is 18.9 Å². The lowest BCUT2D eigenvalue weighted by Gasteiger charge is -2.28. The van der Waals surface area contributed by atoms with Gasteiger partial charge in [0, 0.05) is 19.5 Å². The largest absolute Gasteiger partial charge is 0.378 e. The van der Waals surface area contributed by atoms with E-state index in [1.54, 1.807) is 4.90 Å². The molecule has 0 bridgehead atoms. The Bertz CT molecular complexity index is 354. The van der Waals surface area contributed by atoms with E-state index in [2.05, 4.69) is 16.2 Å². The van der Waals surface area contributed by atoms with Crippen LogP contribution in [0.4, 0.5) is 4.79 Å². The van der Waals surface area contributed by atoms with Gasteiger partial charge in [0.25, 0.3) is 0 Å². The molecule has 0 aliphatic carbocycles. The Morgan fingerprint density at radius 2 is 2.06 bits per heavy atom. The number of hydrogen-bond donors (Lipinski definition) is 3. The van der Waals surface area contributed by atoms with Gasteiger partial charge in [-0.1, -0.05) is 0 Å². The predicted molar refractivity (Wildman–Crippen MR) is 60.2 cm³/mol. The van der Waals surface area contributed by atoms with E-state index in [9.17, 15) is 14.4 Å². The van der Waals surface area contributed by atoms with Gasteiger partial charge in [0.15, 0.2) is 0 Å². The van der Waals surface area contributed by atoms with Crippen molar-refractivity contribution in [2.24, 2.45) is 0 Å². The van der Waals surface area contributed by atoms with Crippen molar-refractivity contribution in [3.63, 3.8) is 0 Å². The molecule has 0 aromatic heterocycles. The molecule has 2 heterocycles.